The predicted octanol–water partition coefficient (Wildman–Crippen LogP) is 13.6. The summed E-state index contributed by atoms with van der Waals surface area (Å²) < 4.78 is 0. The average Bonchev–Trinajstić information content (AvgIpc) is 3.41. The highest BCUT2D eigenvalue weighted by Gasteiger charge is 2.38. The monoisotopic (exact) mass is 639 g/mol. The molecule has 50 heavy (non-hydrogen) atoms. The zero-order chi connectivity index (χ0) is 33.7. The summed E-state index contributed by atoms with van der Waals surface area (Å²) in [5.41, 5.74) is 16.0. The maximum absolute atomic E-state index is 2.42. The molecule has 0 amide bonds. The van der Waals surface area contributed by atoms with E-state index in [1.165, 1.54) is 66.4 Å². The second-order valence-electron chi connectivity index (χ2n) is 13.8. The van der Waals surface area contributed by atoms with Crippen molar-refractivity contribution in [3.8, 4) is 44.5 Å². The van der Waals surface area contributed by atoms with Gasteiger partial charge in [0.15, 0.2) is 0 Å². The van der Waals surface area contributed by atoms with E-state index >= 15 is 0 Å². The molecule has 0 saturated heterocycles. The highest BCUT2D eigenvalue weighted by atomic mass is 15.1. The molecule has 0 N–H and O–H groups in total. The SMILES string of the molecule is CC1(C)c2ccccc2-c2cc(N(c3ccc(-c4ccccc4)cc3)c3ccc(-c4ccc5ccccc5c4)cc3)cc(-c3ccccc3)c21. The molecule has 1 aliphatic rings. The molecule has 238 valence electrons. The molecular formula is C49H37N. The van der Waals surface area contributed by atoms with Crippen LogP contribution in [-0.4, -0.2) is 0 Å². The number of rotatable bonds is 6. The van der Waals surface area contributed by atoms with Gasteiger partial charge in [0.05, 0.1) is 0 Å². The first-order valence-electron chi connectivity index (χ1n) is 17.4. The molecule has 0 atom stereocenters. The van der Waals surface area contributed by atoms with E-state index in [-0.39, 0.29) is 5.41 Å². The van der Waals surface area contributed by atoms with Crippen LogP contribution in [-0.2, 0) is 5.41 Å². The molecule has 0 aliphatic heterocycles. The largest absolute Gasteiger partial charge is 0.310 e. The maximum Gasteiger partial charge on any atom is 0.0474 e. The lowest BCUT2D eigenvalue weighted by Crippen LogP contribution is -2.17. The van der Waals surface area contributed by atoms with Crippen LogP contribution < -0.4 is 4.90 Å². The van der Waals surface area contributed by atoms with Gasteiger partial charge in [0.25, 0.3) is 0 Å². The molecule has 0 fully saturated rings. The Morgan fingerprint density at radius 1 is 0.340 bits per heavy atom. The van der Waals surface area contributed by atoms with Gasteiger partial charge in [-0.2, -0.15) is 0 Å². The van der Waals surface area contributed by atoms with Crippen LogP contribution in [0.4, 0.5) is 17.1 Å². The number of nitrogens with zero attached hydrogens (tertiary/aromatic N) is 1. The molecule has 8 aromatic carbocycles. The highest BCUT2D eigenvalue weighted by molar-refractivity contribution is 5.94. The molecule has 0 radical (unpaired) electrons. The van der Waals surface area contributed by atoms with Crippen molar-refractivity contribution in [2.45, 2.75) is 19.3 Å². The standard InChI is InChI=1S/C49H37N/c1-49(2)47-20-12-11-19-44(47)46-33-43(32-45(48(46)49)38-16-7-4-8-17-38)50(41-27-23-36(24-28-41)34-13-5-3-6-14-34)42-29-25-37(26-30-42)40-22-21-35-15-9-10-18-39(35)31-40/h3-33H,1-2H3. The summed E-state index contributed by atoms with van der Waals surface area (Å²) in [6.07, 6.45) is 0. The van der Waals surface area contributed by atoms with E-state index in [0.717, 1.165) is 17.1 Å². The summed E-state index contributed by atoms with van der Waals surface area (Å²) in [5, 5.41) is 2.51. The van der Waals surface area contributed by atoms with E-state index in [4.69, 9.17) is 0 Å². The van der Waals surface area contributed by atoms with Gasteiger partial charge in [-0.1, -0.05) is 159 Å². The van der Waals surface area contributed by atoms with Crippen molar-refractivity contribution < 1.29 is 0 Å². The van der Waals surface area contributed by atoms with Crippen LogP contribution in [0.5, 0.6) is 0 Å². The van der Waals surface area contributed by atoms with Crippen molar-refractivity contribution in [1.29, 1.82) is 0 Å². The van der Waals surface area contributed by atoms with E-state index < -0.39 is 0 Å². The van der Waals surface area contributed by atoms with Crippen molar-refractivity contribution >= 4 is 27.8 Å². The Kier molecular flexibility index (Phi) is 7.21. The maximum atomic E-state index is 2.42. The Balaban J connectivity index is 1.23. The Hall–Kier alpha value is -6.18. The van der Waals surface area contributed by atoms with E-state index in [1.807, 2.05) is 0 Å². The molecule has 8 aromatic rings. The minimum atomic E-state index is -0.126. The lowest BCUT2D eigenvalue weighted by atomic mass is 9.78. The third-order valence-electron chi connectivity index (χ3n) is 10.4. The Labute approximate surface area is 294 Å². The van der Waals surface area contributed by atoms with Gasteiger partial charge < -0.3 is 4.90 Å². The highest BCUT2D eigenvalue weighted by Crippen LogP contribution is 2.54. The van der Waals surface area contributed by atoms with Gasteiger partial charge in [-0.3, -0.25) is 0 Å². The third-order valence-corrected chi connectivity index (χ3v) is 10.4. The van der Waals surface area contributed by atoms with Crippen molar-refractivity contribution in [1.82, 2.24) is 0 Å². The quantitative estimate of drug-likeness (QED) is 0.175. The lowest BCUT2D eigenvalue weighted by molar-refractivity contribution is 0.662. The first-order valence-corrected chi connectivity index (χ1v) is 17.4. The fraction of sp³-hybridized carbons (Fsp3) is 0.0612. The van der Waals surface area contributed by atoms with Gasteiger partial charge in [-0.15, -0.1) is 0 Å². The van der Waals surface area contributed by atoms with Crippen LogP contribution in [0.1, 0.15) is 25.0 Å². The molecule has 0 aromatic heterocycles. The lowest BCUT2D eigenvalue weighted by Gasteiger charge is -2.29. The smallest absolute Gasteiger partial charge is 0.0474 e. The number of hydrogen-bond donors (Lipinski definition) is 0. The molecule has 1 nitrogen and oxygen atoms in total. The van der Waals surface area contributed by atoms with Crippen LogP contribution in [0.25, 0.3) is 55.3 Å². The minimum Gasteiger partial charge on any atom is -0.310 e. The summed E-state index contributed by atoms with van der Waals surface area (Å²) >= 11 is 0. The number of hydrogen-bond acceptors (Lipinski definition) is 1. The fourth-order valence-electron chi connectivity index (χ4n) is 7.94. The van der Waals surface area contributed by atoms with E-state index in [2.05, 4.69) is 207 Å². The van der Waals surface area contributed by atoms with E-state index in [1.54, 1.807) is 0 Å². The second kappa shape index (κ2) is 12.1. The molecule has 0 heterocycles. The van der Waals surface area contributed by atoms with Gasteiger partial charge in [-0.05, 0) is 109 Å². The van der Waals surface area contributed by atoms with Crippen LogP contribution >= 0.6 is 0 Å². The molecule has 0 unspecified atom stereocenters. The topological polar surface area (TPSA) is 3.24 Å². The fourth-order valence-corrected chi connectivity index (χ4v) is 7.94. The molecule has 1 heteroatoms. The van der Waals surface area contributed by atoms with Crippen molar-refractivity contribution in [3.63, 3.8) is 0 Å². The Bertz CT molecular complexity index is 2470. The molecule has 1 aliphatic carbocycles. The van der Waals surface area contributed by atoms with Crippen molar-refractivity contribution in [2.75, 3.05) is 4.90 Å². The zero-order valence-corrected chi connectivity index (χ0v) is 28.3. The first-order chi connectivity index (χ1) is 24.5. The minimum absolute atomic E-state index is 0.126. The summed E-state index contributed by atoms with van der Waals surface area (Å²) in [6.45, 7) is 4.74. The molecule has 0 spiro atoms. The van der Waals surface area contributed by atoms with Crippen molar-refractivity contribution in [2.24, 2.45) is 0 Å². The number of benzene rings is 8. The normalized spacial score (nSPS) is 12.8. The second-order valence-corrected chi connectivity index (χ2v) is 13.8. The van der Waals surface area contributed by atoms with E-state index in [9.17, 15) is 0 Å². The summed E-state index contributed by atoms with van der Waals surface area (Å²) in [7, 11) is 0. The first kappa shape index (κ1) is 29.9. The number of fused-ring (bicyclic) bond motifs is 4. The van der Waals surface area contributed by atoms with Crippen LogP contribution in [0.3, 0.4) is 0 Å². The van der Waals surface area contributed by atoms with Crippen LogP contribution in [0.2, 0.25) is 0 Å². The van der Waals surface area contributed by atoms with Crippen LogP contribution in [0, 0.1) is 0 Å². The molecule has 0 saturated carbocycles. The summed E-state index contributed by atoms with van der Waals surface area (Å²) in [5.74, 6) is 0. The van der Waals surface area contributed by atoms with Gasteiger partial charge in [0.2, 0.25) is 0 Å². The van der Waals surface area contributed by atoms with E-state index in [0.29, 0.717) is 0 Å². The number of anilines is 3. The van der Waals surface area contributed by atoms with Gasteiger partial charge in [0.1, 0.15) is 0 Å². The van der Waals surface area contributed by atoms with Gasteiger partial charge in [-0.25, -0.2) is 0 Å². The average molecular weight is 640 g/mol. The predicted molar refractivity (Wildman–Crippen MR) is 213 cm³/mol. The molecule has 9 rings (SSSR count). The van der Waals surface area contributed by atoms with Gasteiger partial charge in [0, 0.05) is 22.5 Å². The third kappa shape index (κ3) is 5.11. The molecular weight excluding hydrogens is 603 g/mol. The molecule has 0 bridgehead atoms. The Morgan fingerprint density at radius 3 is 1.52 bits per heavy atom. The van der Waals surface area contributed by atoms with Crippen LogP contribution in [0.15, 0.2) is 188 Å². The summed E-state index contributed by atoms with van der Waals surface area (Å²) in [4.78, 5) is 2.42. The zero-order valence-electron chi connectivity index (χ0n) is 28.3. The van der Waals surface area contributed by atoms with Crippen molar-refractivity contribution in [3.05, 3.63) is 199 Å². The summed E-state index contributed by atoms with van der Waals surface area (Å²) in [6, 6.07) is 68.6. The van der Waals surface area contributed by atoms with Gasteiger partial charge >= 0.3 is 0 Å². The Morgan fingerprint density at radius 2 is 0.840 bits per heavy atom.